The van der Waals surface area contributed by atoms with E-state index in [1.807, 2.05) is 23.5 Å². The third-order valence-corrected chi connectivity index (χ3v) is 6.00. The molecule has 128 valence electrons. The van der Waals surface area contributed by atoms with Gasteiger partial charge in [-0.15, -0.1) is 11.3 Å². The summed E-state index contributed by atoms with van der Waals surface area (Å²) in [4.78, 5) is 11.5. The number of benzene rings is 1. The van der Waals surface area contributed by atoms with Crippen LogP contribution in [-0.4, -0.2) is 23.2 Å². The zero-order valence-electron chi connectivity index (χ0n) is 13.9. The molecule has 0 spiro atoms. The first-order valence-corrected chi connectivity index (χ1v) is 9.58. The quantitative estimate of drug-likeness (QED) is 0.772. The fourth-order valence-electron chi connectivity index (χ4n) is 3.63. The van der Waals surface area contributed by atoms with Gasteiger partial charge in [0, 0.05) is 23.4 Å². The van der Waals surface area contributed by atoms with Crippen LogP contribution in [0, 0.1) is 0 Å². The topological polar surface area (TPSA) is 56.3 Å². The molecule has 5 rings (SSSR count). The molecule has 2 aromatic heterocycles. The van der Waals surface area contributed by atoms with Crippen LogP contribution in [0.15, 0.2) is 24.5 Å². The third kappa shape index (κ3) is 2.61. The minimum Gasteiger partial charge on any atom is -0.490 e. The summed E-state index contributed by atoms with van der Waals surface area (Å²) >= 11 is 1.81. The van der Waals surface area contributed by atoms with Gasteiger partial charge in [0.2, 0.25) is 0 Å². The Hall–Kier alpha value is -2.34. The Labute approximate surface area is 150 Å². The number of fused-ring (bicyclic) bond motifs is 4. The minimum absolute atomic E-state index is 0.656. The lowest BCUT2D eigenvalue weighted by atomic mass is 10.1. The first-order chi connectivity index (χ1) is 12.4. The maximum Gasteiger partial charge on any atom is 0.166 e. The Morgan fingerprint density at radius 1 is 1.08 bits per heavy atom. The van der Waals surface area contributed by atoms with E-state index in [-0.39, 0.29) is 0 Å². The van der Waals surface area contributed by atoms with Crippen LogP contribution in [0.1, 0.15) is 28.8 Å². The van der Waals surface area contributed by atoms with Crippen molar-refractivity contribution in [3.63, 3.8) is 0 Å². The molecule has 25 heavy (non-hydrogen) atoms. The van der Waals surface area contributed by atoms with Gasteiger partial charge in [0.05, 0.1) is 18.6 Å². The van der Waals surface area contributed by atoms with Crippen LogP contribution in [0.5, 0.6) is 11.5 Å². The Bertz CT molecular complexity index is 938. The normalized spacial score (nSPS) is 15.8. The maximum absolute atomic E-state index is 5.92. The standard InChI is InChI=1S/C19H19N3O2S/c1-4-12(17-14(6-1)23-8-3-9-24-17)10-20-18-16-13-5-2-7-15(13)25-19(16)22-11-21-18/h1,4,6,11H,2-3,5,7-10H2,(H,20,21,22). The van der Waals surface area contributed by atoms with Crippen molar-refractivity contribution in [2.75, 3.05) is 18.5 Å². The molecule has 0 fully saturated rings. The van der Waals surface area contributed by atoms with Gasteiger partial charge in [-0.3, -0.25) is 0 Å². The van der Waals surface area contributed by atoms with Gasteiger partial charge in [0.25, 0.3) is 0 Å². The summed E-state index contributed by atoms with van der Waals surface area (Å²) in [7, 11) is 0. The molecule has 0 unspecified atom stereocenters. The second-order valence-electron chi connectivity index (χ2n) is 6.41. The van der Waals surface area contributed by atoms with Crippen molar-refractivity contribution in [2.24, 2.45) is 0 Å². The monoisotopic (exact) mass is 353 g/mol. The van der Waals surface area contributed by atoms with Crippen molar-refractivity contribution < 1.29 is 9.47 Å². The van der Waals surface area contributed by atoms with E-state index in [2.05, 4.69) is 21.4 Å². The molecule has 6 heteroatoms. The predicted molar refractivity (Wildman–Crippen MR) is 98.8 cm³/mol. The number of aryl methyl sites for hydroxylation is 2. The molecule has 1 aromatic carbocycles. The Balaban J connectivity index is 1.47. The lowest BCUT2D eigenvalue weighted by Gasteiger charge is -2.13. The highest BCUT2D eigenvalue weighted by atomic mass is 32.1. The second kappa shape index (κ2) is 6.19. The fourth-order valence-corrected chi connectivity index (χ4v) is 4.86. The van der Waals surface area contributed by atoms with Crippen LogP contribution in [0.3, 0.4) is 0 Å². The molecular formula is C19H19N3O2S. The Morgan fingerprint density at radius 2 is 2.04 bits per heavy atom. The summed E-state index contributed by atoms with van der Waals surface area (Å²) in [6.45, 7) is 2.06. The molecule has 3 heterocycles. The average molecular weight is 353 g/mol. The zero-order chi connectivity index (χ0) is 16.6. The van der Waals surface area contributed by atoms with Gasteiger partial charge in [-0.05, 0) is 30.9 Å². The van der Waals surface area contributed by atoms with Crippen LogP contribution in [0.25, 0.3) is 10.2 Å². The molecule has 3 aromatic rings. The molecule has 0 saturated heterocycles. The van der Waals surface area contributed by atoms with Crippen LogP contribution in [0.4, 0.5) is 5.82 Å². The lowest BCUT2D eigenvalue weighted by Crippen LogP contribution is -2.05. The van der Waals surface area contributed by atoms with Gasteiger partial charge in [-0.1, -0.05) is 12.1 Å². The highest BCUT2D eigenvalue weighted by molar-refractivity contribution is 7.19. The number of hydrogen-bond acceptors (Lipinski definition) is 6. The van der Waals surface area contributed by atoms with E-state index in [4.69, 9.17) is 9.47 Å². The van der Waals surface area contributed by atoms with Crippen molar-refractivity contribution in [1.82, 2.24) is 9.97 Å². The van der Waals surface area contributed by atoms with Gasteiger partial charge in [0.15, 0.2) is 11.5 Å². The van der Waals surface area contributed by atoms with Gasteiger partial charge < -0.3 is 14.8 Å². The summed E-state index contributed by atoms with van der Waals surface area (Å²) < 4.78 is 11.7. The smallest absolute Gasteiger partial charge is 0.166 e. The Morgan fingerprint density at radius 3 is 3.04 bits per heavy atom. The summed E-state index contributed by atoms with van der Waals surface area (Å²) in [5.74, 6) is 2.62. The molecule has 0 saturated carbocycles. The Kier molecular flexibility index (Phi) is 3.70. The lowest BCUT2D eigenvalue weighted by molar-refractivity contribution is 0.296. The second-order valence-corrected chi connectivity index (χ2v) is 7.49. The molecule has 0 radical (unpaired) electrons. The molecule has 1 aliphatic carbocycles. The van der Waals surface area contributed by atoms with E-state index < -0.39 is 0 Å². The number of ether oxygens (including phenoxy) is 2. The van der Waals surface area contributed by atoms with Crippen LogP contribution in [-0.2, 0) is 19.4 Å². The fraction of sp³-hybridized carbons (Fsp3) is 0.368. The number of para-hydroxylation sites is 1. The molecule has 1 N–H and O–H groups in total. The summed E-state index contributed by atoms with van der Waals surface area (Å²) in [5, 5.41) is 4.72. The van der Waals surface area contributed by atoms with Crippen molar-refractivity contribution in [1.29, 1.82) is 0 Å². The van der Waals surface area contributed by atoms with E-state index in [0.717, 1.165) is 40.6 Å². The molecule has 0 amide bonds. The number of rotatable bonds is 3. The van der Waals surface area contributed by atoms with Crippen LogP contribution >= 0.6 is 11.3 Å². The first-order valence-electron chi connectivity index (χ1n) is 8.77. The van der Waals surface area contributed by atoms with E-state index in [0.29, 0.717) is 19.8 Å². The molecule has 0 bridgehead atoms. The van der Waals surface area contributed by atoms with Gasteiger partial charge in [0.1, 0.15) is 17.0 Å². The van der Waals surface area contributed by atoms with Crippen molar-refractivity contribution in [3.8, 4) is 11.5 Å². The number of anilines is 1. The zero-order valence-corrected chi connectivity index (χ0v) is 14.7. The molecule has 1 aliphatic heterocycles. The van der Waals surface area contributed by atoms with E-state index >= 15 is 0 Å². The molecule has 5 nitrogen and oxygen atoms in total. The number of nitrogens with zero attached hydrogens (tertiary/aromatic N) is 2. The van der Waals surface area contributed by atoms with Crippen molar-refractivity contribution in [3.05, 3.63) is 40.5 Å². The summed E-state index contributed by atoms with van der Waals surface area (Å²) in [5.41, 5.74) is 2.53. The highest BCUT2D eigenvalue weighted by Crippen LogP contribution is 2.39. The van der Waals surface area contributed by atoms with Crippen LogP contribution < -0.4 is 14.8 Å². The van der Waals surface area contributed by atoms with Crippen LogP contribution in [0.2, 0.25) is 0 Å². The largest absolute Gasteiger partial charge is 0.490 e. The number of thiophene rings is 1. The summed E-state index contributed by atoms with van der Waals surface area (Å²) in [6, 6.07) is 6.07. The minimum atomic E-state index is 0.656. The van der Waals surface area contributed by atoms with Crippen molar-refractivity contribution in [2.45, 2.75) is 32.2 Å². The average Bonchev–Trinajstić information content (AvgIpc) is 3.13. The SMILES string of the molecule is c1cc(CNc2ncnc3sc4c(c23)CCC4)c2c(c1)OCCCO2. The number of aromatic nitrogens is 2. The summed E-state index contributed by atoms with van der Waals surface area (Å²) in [6.07, 6.45) is 6.11. The number of nitrogens with one attached hydrogen (secondary N) is 1. The van der Waals surface area contributed by atoms with E-state index in [9.17, 15) is 0 Å². The first kappa shape index (κ1) is 15.0. The predicted octanol–water partition coefficient (Wildman–Crippen LogP) is 3.95. The highest BCUT2D eigenvalue weighted by Gasteiger charge is 2.21. The van der Waals surface area contributed by atoms with Gasteiger partial charge >= 0.3 is 0 Å². The molecule has 0 atom stereocenters. The van der Waals surface area contributed by atoms with E-state index in [1.54, 1.807) is 6.33 Å². The van der Waals surface area contributed by atoms with Gasteiger partial charge in [-0.25, -0.2) is 9.97 Å². The van der Waals surface area contributed by atoms with Crippen molar-refractivity contribution >= 4 is 27.4 Å². The van der Waals surface area contributed by atoms with Gasteiger partial charge in [-0.2, -0.15) is 0 Å². The maximum atomic E-state index is 5.92. The molecule has 2 aliphatic rings. The third-order valence-electron chi connectivity index (χ3n) is 4.80. The van der Waals surface area contributed by atoms with E-state index in [1.165, 1.54) is 28.7 Å². The molecular weight excluding hydrogens is 334 g/mol. The number of hydrogen-bond donors (Lipinski definition) is 1.